The van der Waals surface area contributed by atoms with Crippen molar-refractivity contribution in [2.45, 2.75) is 37.8 Å². The Morgan fingerprint density at radius 1 is 1.38 bits per heavy atom. The van der Waals surface area contributed by atoms with Gasteiger partial charge >= 0.3 is 0 Å². The molecule has 4 nitrogen and oxygen atoms in total. The number of nitrogens with zero attached hydrogens (tertiary/aromatic N) is 3. The van der Waals surface area contributed by atoms with Crippen molar-refractivity contribution >= 4 is 5.95 Å². The standard InChI is InChI=1S/C12H20N4/c1-15-7-2-3-11(9-15)16-8-6-13-12(16)14-10-4-5-10/h6,8,10-11H,2-5,7,9H2,1H3,(H,13,14). The van der Waals surface area contributed by atoms with Gasteiger partial charge in [0.1, 0.15) is 0 Å². The average molecular weight is 220 g/mol. The molecule has 88 valence electrons. The molecule has 1 aliphatic heterocycles. The molecule has 1 atom stereocenters. The summed E-state index contributed by atoms with van der Waals surface area (Å²) in [6.07, 6.45) is 9.21. The highest BCUT2D eigenvalue weighted by atomic mass is 15.3. The lowest BCUT2D eigenvalue weighted by Gasteiger charge is -2.31. The summed E-state index contributed by atoms with van der Waals surface area (Å²) < 4.78 is 2.33. The SMILES string of the molecule is CN1CCCC(n2ccnc2NC2CC2)C1. The normalized spacial score (nSPS) is 26.9. The first kappa shape index (κ1) is 10.1. The van der Waals surface area contributed by atoms with Gasteiger partial charge in [-0.05, 0) is 39.3 Å². The Morgan fingerprint density at radius 2 is 2.25 bits per heavy atom. The van der Waals surface area contributed by atoms with E-state index < -0.39 is 0 Å². The van der Waals surface area contributed by atoms with Crippen molar-refractivity contribution < 1.29 is 0 Å². The first-order chi connectivity index (χ1) is 7.83. The second-order valence-electron chi connectivity index (χ2n) is 5.14. The van der Waals surface area contributed by atoms with Gasteiger partial charge < -0.3 is 14.8 Å². The fraction of sp³-hybridized carbons (Fsp3) is 0.750. The fourth-order valence-electron chi connectivity index (χ4n) is 2.50. The molecule has 1 unspecified atom stereocenters. The van der Waals surface area contributed by atoms with Crippen LogP contribution in [0, 0.1) is 0 Å². The minimum Gasteiger partial charge on any atom is -0.353 e. The molecule has 2 aliphatic rings. The molecule has 0 spiro atoms. The van der Waals surface area contributed by atoms with E-state index in [0.29, 0.717) is 12.1 Å². The van der Waals surface area contributed by atoms with Crippen LogP contribution in [-0.2, 0) is 0 Å². The zero-order valence-electron chi connectivity index (χ0n) is 9.89. The molecular weight excluding hydrogens is 200 g/mol. The minimum absolute atomic E-state index is 0.600. The maximum absolute atomic E-state index is 4.43. The Bertz CT molecular complexity index is 356. The molecule has 4 heteroatoms. The molecule has 2 fully saturated rings. The van der Waals surface area contributed by atoms with Crippen molar-refractivity contribution in [1.82, 2.24) is 14.5 Å². The van der Waals surface area contributed by atoms with E-state index >= 15 is 0 Å². The van der Waals surface area contributed by atoms with E-state index in [2.05, 4.69) is 33.0 Å². The van der Waals surface area contributed by atoms with Gasteiger partial charge in [-0.25, -0.2) is 4.98 Å². The molecule has 1 saturated carbocycles. The molecule has 2 heterocycles. The van der Waals surface area contributed by atoms with Crippen LogP contribution in [0.5, 0.6) is 0 Å². The number of imidazole rings is 1. The molecule has 0 aromatic carbocycles. The molecule has 1 aliphatic carbocycles. The Hall–Kier alpha value is -1.03. The molecule has 1 N–H and O–H groups in total. The molecular formula is C12H20N4. The van der Waals surface area contributed by atoms with Crippen molar-refractivity contribution in [2.24, 2.45) is 0 Å². The van der Waals surface area contributed by atoms with Crippen molar-refractivity contribution in [2.75, 3.05) is 25.5 Å². The topological polar surface area (TPSA) is 33.1 Å². The third kappa shape index (κ3) is 2.07. The van der Waals surface area contributed by atoms with Gasteiger partial charge in [0.05, 0.1) is 0 Å². The van der Waals surface area contributed by atoms with E-state index in [0.717, 1.165) is 12.5 Å². The maximum Gasteiger partial charge on any atom is 0.203 e. The van der Waals surface area contributed by atoms with Gasteiger partial charge in [0.25, 0.3) is 0 Å². The van der Waals surface area contributed by atoms with Crippen molar-refractivity contribution in [3.8, 4) is 0 Å². The van der Waals surface area contributed by atoms with Crippen LogP contribution < -0.4 is 5.32 Å². The number of hydrogen-bond acceptors (Lipinski definition) is 3. The van der Waals surface area contributed by atoms with Crippen LogP contribution >= 0.6 is 0 Å². The molecule has 1 aromatic rings. The molecule has 0 radical (unpaired) electrons. The van der Waals surface area contributed by atoms with E-state index in [4.69, 9.17) is 0 Å². The Morgan fingerprint density at radius 3 is 3.00 bits per heavy atom. The summed E-state index contributed by atoms with van der Waals surface area (Å²) in [5.41, 5.74) is 0. The van der Waals surface area contributed by atoms with Crippen LogP contribution in [0.1, 0.15) is 31.7 Å². The third-order valence-corrected chi connectivity index (χ3v) is 3.57. The highest BCUT2D eigenvalue weighted by Crippen LogP contribution is 2.28. The predicted octanol–water partition coefficient (Wildman–Crippen LogP) is 1.72. The number of likely N-dealkylation sites (N-methyl/N-ethyl adjacent to an activating group) is 1. The van der Waals surface area contributed by atoms with Gasteiger partial charge in [-0.3, -0.25) is 0 Å². The zero-order valence-corrected chi connectivity index (χ0v) is 9.89. The van der Waals surface area contributed by atoms with Crippen LogP contribution in [0.2, 0.25) is 0 Å². The molecule has 1 saturated heterocycles. The van der Waals surface area contributed by atoms with Crippen molar-refractivity contribution in [1.29, 1.82) is 0 Å². The van der Waals surface area contributed by atoms with E-state index in [9.17, 15) is 0 Å². The highest BCUT2D eigenvalue weighted by Gasteiger charge is 2.25. The number of hydrogen-bond donors (Lipinski definition) is 1. The number of rotatable bonds is 3. The summed E-state index contributed by atoms with van der Waals surface area (Å²) in [5.74, 6) is 1.07. The van der Waals surface area contributed by atoms with E-state index in [1.54, 1.807) is 0 Å². The van der Waals surface area contributed by atoms with Crippen LogP contribution in [-0.4, -0.2) is 40.6 Å². The minimum atomic E-state index is 0.600. The van der Waals surface area contributed by atoms with Gasteiger partial charge in [0.15, 0.2) is 0 Å². The second-order valence-corrected chi connectivity index (χ2v) is 5.14. The Balaban J connectivity index is 1.73. The van der Waals surface area contributed by atoms with E-state index in [-0.39, 0.29) is 0 Å². The van der Waals surface area contributed by atoms with Crippen LogP contribution in [0.4, 0.5) is 5.95 Å². The van der Waals surface area contributed by atoms with Crippen LogP contribution in [0.25, 0.3) is 0 Å². The predicted molar refractivity (Wildman–Crippen MR) is 64.6 cm³/mol. The molecule has 0 bridgehead atoms. The van der Waals surface area contributed by atoms with Crippen LogP contribution in [0.3, 0.4) is 0 Å². The van der Waals surface area contributed by atoms with Crippen molar-refractivity contribution in [3.63, 3.8) is 0 Å². The van der Waals surface area contributed by atoms with Gasteiger partial charge in [0, 0.05) is 31.0 Å². The largest absolute Gasteiger partial charge is 0.353 e. The van der Waals surface area contributed by atoms with Crippen LogP contribution in [0.15, 0.2) is 12.4 Å². The first-order valence-corrected chi connectivity index (χ1v) is 6.31. The van der Waals surface area contributed by atoms with Gasteiger partial charge in [0.2, 0.25) is 5.95 Å². The van der Waals surface area contributed by atoms with Gasteiger partial charge in [-0.15, -0.1) is 0 Å². The number of aromatic nitrogens is 2. The van der Waals surface area contributed by atoms with Gasteiger partial charge in [-0.1, -0.05) is 0 Å². The lowest BCUT2D eigenvalue weighted by Crippen LogP contribution is -2.33. The molecule has 0 amide bonds. The average Bonchev–Trinajstić information content (AvgIpc) is 2.95. The van der Waals surface area contributed by atoms with E-state index in [1.165, 1.54) is 32.2 Å². The summed E-state index contributed by atoms with van der Waals surface area (Å²) in [5, 5.41) is 3.51. The van der Waals surface area contributed by atoms with Gasteiger partial charge in [-0.2, -0.15) is 0 Å². The molecule has 16 heavy (non-hydrogen) atoms. The number of nitrogens with one attached hydrogen (secondary N) is 1. The quantitative estimate of drug-likeness (QED) is 0.842. The molecule has 3 rings (SSSR count). The lowest BCUT2D eigenvalue weighted by molar-refractivity contribution is 0.213. The number of anilines is 1. The fourth-order valence-corrected chi connectivity index (χ4v) is 2.50. The summed E-state index contributed by atoms with van der Waals surface area (Å²) in [6, 6.07) is 1.28. The zero-order chi connectivity index (χ0) is 11.0. The Labute approximate surface area is 96.7 Å². The Kier molecular flexibility index (Phi) is 2.59. The highest BCUT2D eigenvalue weighted by molar-refractivity contribution is 5.30. The van der Waals surface area contributed by atoms with Crippen molar-refractivity contribution in [3.05, 3.63) is 12.4 Å². The second kappa shape index (κ2) is 4.09. The summed E-state index contributed by atoms with van der Waals surface area (Å²) in [6.45, 7) is 2.38. The summed E-state index contributed by atoms with van der Waals surface area (Å²) in [7, 11) is 2.21. The smallest absolute Gasteiger partial charge is 0.203 e. The summed E-state index contributed by atoms with van der Waals surface area (Å²) >= 11 is 0. The van der Waals surface area contributed by atoms with E-state index in [1.807, 2.05) is 6.20 Å². The maximum atomic E-state index is 4.43. The third-order valence-electron chi connectivity index (χ3n) is 3.57. The first-order valence-electron chi connectivity index (χ1n) is 6.31. The number of piperidine rings is 1. The summed E-state index contributed by atoms with van der Waals surface area (Å²) in [4.78, 5) is 6.84. The molecule has 1 aromatic heterocycles. The monoisotopic (exact) mass is 220 g/mol. The number of likely N-dealkylation sites (tertiary alicyclic amines) is 1. The lowest BCUT2D eigenvalue weighted by atomic mass is 10.1.